The van der Waals surface area contributed by atoms with Gasteiger partial charge < -0.3 is 10.1 Å². The molecule has 0 amide bonds. The molecule has 2 nitrogen and oxygen atoms in total. The third-order valence-corrected chi connectivity index (χ3v) is 3.62. The highest BCUT2D eigenvalue weighted by atomic mass is 16.5. The Labute approximate surface area is 87.4 Å². The lowest BCUT2D eigenvalue weighted by Crippen LogP contribution is -2.27. The van der Waals surface area contributed by atoms with Crippen molar-refractivity contribution in [2.75, 3.05) is 13.1 Å². The molecule has 2 aliphatic rings. The van der Waals surface area contributed by atoms with E-state index in [1.54, 1.807) is 0 Å². The second-order valence-electron chi connectivity index (χ2n) is 4.92. The molecule has 2 atom stereocenters. The summed E-state index contributed by atoms with van der Waals surface area (Å²) in [5.41, 5.74) is 0. The summed E-state index contributed by atoms with van der Waals surface area (Å²) in [6.07, 6.45) is 9.21. The van der Waals surface area contributed by atoms with Gasteiger partial charge in [0.2, 0.25) is 0 Å². The van der Waals surface area contributed by atoms with Crippen LogP contribution in [0.5, 0.6) is 0 Å². The Balaban J connectivity index is 1.77. The monoisotopic (exact) mass is 197 g/mol. The standard InChI is InChI=1S/C12H23NO/c1-10-8-13-9-12(10)14-11-6-4-2-3-5-7-11/h10-13H,2-9H2,1H3/t10?,12-/m0/s1. The van der Waals surface area contributed by atoms with Gasteiger partial charge in [0, 0.05) is 13.1 Å². The Morgan fingerprint density at radius 2 is 1.71 bits per heavy atom. The van der Waals surface area contributed by atoms with Crippen molar-refractivity contribution >= 4 is 0 Å². The minimum Gasteiger partial charge on any atom is -0.373 e. The second-order valence-corrected chi connectivity index (χ2v) is 4.92. The maximum Gasteiger partial charge on any atom is 0.0740 e. The molecule has 1 aliphatic carbocycles. The zero-order chi connectivity index (χ0) is 9.80. The van der Waals surface area contributed by atoms with Gasteiger partial charge in [-0.05, 0) is 18.8 Å². The molecule has 1 unspecified atom stereocenters. The first-order valence-electron chi connectivity index (χ1n) is 6.22. The summed E-state index contributed by atoms with van der Waals surface area (Å²) in [4.78, 5) is 0. The summed E-state index contributed by atoms with van der Waals surface area (Å²) in [6, 6.07) is 0. The van der Waals surface area contributed by atoms with Crippen LogP contribution in [0.25, 0.3) is 0 Å². The van der Waals surface area contributed by atoms with Gasteiger partial charge in [-0.3, -0.25) is 0 Å². The average Bonchev–Trinajstić information content (AvgIpc) is 2.44. The minimum absolute atomic E-state index is 0.484. The Morgan fingerprint density at radius 1 is 1.00 bits per heavy atom. The molecule has 0 aromatic heterocycles. The van der Waals surface area contributed by atoms with E-state index >= 15 is 0 Å². The Kier molecular flexibility index (Phi) is 3.82. The lowest BCUT2D eigenvalue weighted by Gasteiger charge is -2.22. The highest BCUT2D eigenvalue weighted by Crippen LogP contribution is 2.23. The summed E-state index contributed by atoms with van der Waals surface area (Å²) >= 11 is 0. The van der Waals surface area contributed by atoms with Crippen molar-refractivity contribution in [2.24, 2.45) is 5.92 Å². The molecule has 0 aromatic carbocycles. The van der Waals surface area contributed by atoms with E-state index < -0.39 is 0 Å². The van der Waals surface area contributed by atoms with Crippen LogP contribution in [0.3, 0.4) is 0 Å². The lowest BCUT2D eigenvalue weighted by molar-refractivity contribution is -0.0264. The van der Waals surface area contributed by atoms with Gasteiger partial charge in [0.1, 0.15) is 0 Å². The van der Waals surface area contributed by atoms with Crippen LogP contribution >= 0.6 is 0 Å². The molecule has 82 valence electrons. The molecule has 1 saturated heterocycles. The molecule has 2 heteroatoms. The molecule has 1 aliphatic heterocycles. The molecule has 0 radical (unpaired) electrons. The van der Waals surface area contributed by atoms with E-state index in [1.165, 1.54) is 38.5 Å². The Bertz CT molecular complexity index is 164. The molecular weight excluding hydrogens is 174 g/mol. The van der Waals surface area contributed by atoms with Crippen LogP contribution in [0.15, 0.2) is 0 Å². The molecule has 2 rings (SSSR count). The first-order valence-corrected chi connectivity index (χ1v) is 6.22. The molecule has 14 heavy (non-hydrogen) atoms. The van der Waals surface area contributed by atoms with E-state index in [4.69, 9.17) is 4.74 Å². The number of hydrogen-bond donors (Lipinski definition) is 1. The lowest BCUT2D eigenvalue weighted by atomic mass is 10.1. The smallest absolute Gasteiger partial charge is 0.0740 e. The second kappa shape index (κ2) is 5.13. The highest BCUT2D eigenvalue weighted by Gasteiger charge is 2.26. The van der Waals surface area contributed by atoms with Crippen LogP contribution in [0.2, 0.25) is 0 Å². The van der Waals surface area contributed by atoms with E-state index in [0.717, 1.165) is 13.1 Å². The van der Waals surface area contributed by atoms with Gasteiger partial charge in [0.15, 0.2) is 0 Å². The first kappa shape index (κ1) is 10.4. The van der Waals surface area contributed by atoms with E-state index in [-0.39, 0.29) is 0 Å². The molecule has 0 spiro atoms. The number of nitrogens with one attached hydrogen (secondary N) is 1. The largest absolute Gasteiger partial charge is 0.373 e. The van der Waals surface area contributed by atoms with Crippen molar-refractivity contribution in [3.05, 3.63) is 0 Å². The third-order valence-electron chi connectivity index (χ3n) is 3.62. The average molecular weight is 197 g/mol. The zero-order valence-corrected chi connectivity index (χ0v) is 9.30. The van der Waals surface area contributed by atoms with Gasteiger partial charge in [-0.2, -0.15) is 0 Å². The van der Waals surface area contributed by atoms with Gasteiger partial charge in [-0.15, -0.1) is 0 Å². The maximum absolute atomic E-state index is 6.18. The normalized spacial score (nSPS) is 35.8. The summed E-state index contributed by atoms with van der Waals surface area (Å²) in [5.74, 6) is 0.707. The van der Waals surface area contributed by atoms with Gasteiger partial charge in [-0.1, -0.05) is 32.6 Å². The highest BCUT2D eigenvalue weighted by molar-refractivity contribution is 4.80. The fraction of sp³-hybridized carbons (Fsp3) is 1.00. The minimum atomic E-state index is 0.484. The molecular formula is C12H23NO. The summed E-state index contributed by atoms with van der Waals surface area (Å²) in [5, 5.41) is 3.40. The van der Waals surface area contributed by atoms with E-state index in [9.17, 15) is 0 Å². The van der Waals surface area contributed by atoms with Crippen molar-refractivity contribution in [1.82, 2.24) is 5.32 Å². The Hall–Kier alpha value is -0.0800. The molecule has 1 saturated carbocycles. The zero-order valence-electron chi connectivity index (χ0n) is 9.30. The van der Waals surface area contributed by atoms with Crippen LogP contribution < -0.4 is 5.32 Å². The predicted molar refractivity (Wildman–Crippen MR) is 58.4 cm³/mol. The molecule has 1 heterocycles. The number of hydrogen-bond acceptors (Lipinski definition) is 2. The van der Waals surface area contributed by atoms with Gasteiger partial charge >= 0.3 is 0 Å². The Morgan fingerprint density at radius 3 is 2.29 bits per heavy atom. The summed E-state index contributed by atoms with van der Waals surface area (Å²) in [7, 11) is 0. The molecule has 2 fully saturated rings. The number of ether oxygens (including phenoxy) is 1. The van der Waals surface area contributed by atoms with Crippen molar-refractivity contribution < 1.29 is 4.74 Å². The molecule has 0 aromatic rings. The van der Waals surface area contributed by atoms with Gasteiger partial charge in [0.05, 0.1) is 12.2 Å². The fourth-order valence-corrected chi connectivity index (χ4v) is 2.59. The van der Waals surface area contributed by atoms with Crippen LogP contribution in [0.1, 0.15) is 45.4 Å². The van der Waals surface area contributed by atoms with E-state index in [1.807, 2.05) is 0 Å². The summed E-state index contributed by atoms with van der Waals surface area (Å²) < 4.78 is 6.18. The molecule has 0 bridgehead atoms. The van der Waals surface area contributed by atoms with Gasteiger partial charge in [-0.25, -0.2) is 0 Å². The van der Waals surface area contributed by atoms with Crippen molar-refractivity contribution in [1.29, 1.82) is 0 Å². The molecule has 1 N–H and O–H groups in total. The van der Waals surface area contributed by atoms with Crippen molar-refractivity contribution in [2.45, 2.75) is 57.7 Å². The van der Waals surface area contributed by atoms with Crippen LogP contribution in [-0.4, -0.2) is 25.3 Å². The van der Waals surface area contributed by atoms with Crippen molar-refractivity contribution in [3.63, 3.8) is 0 Å². The quantitative estimate of drug-likeness (QED) is 0.686. The first-order chi connectivity index (χ1) is 6.86. The van der Waals surface area contributed by atoms with Crippen LogP contribution in [0, 0.1) is 5.92 Å². The third kappa shape index (κ3) is 2.71. The van der Waals surface area contributed by atoms with E-state index in [2.05, 4.69) is 12.2 Å². The predicted octanol–water partition coefficient (Wildman–Crippen LogP) is 2.33. The van der Waals surface area contributed by atoms with Gasteiger partial charge in [0.25, 0.3) is 0 Å². The maximum atomic E-state index is 6.18. The SMILES string of the molecule is CC1CNC[C@@H]1OC1CCCCCC1. The summed E-state index contributed by atoms with van der Waals surface area (Å²) in [6.45, 7) is 4.50. The number of rotatable bonds is 2. The van der Waals surface area contributed by atoms with Crippen LogP contribution in [-0.2, 0) is 4.74 Å². The fourth-order valence-electron chi connectivity index (χ4n) is 2.59. The van der Waals surface area contributed by atoms with Crippen molar-refractivity contribution in [3.8, 4) is 0 Å². The van der Waals surface area contributed by atoms with Crippen LogP contribution in [0.4, 0.5) is 0 Å². The topological polar surface area (TPSA) is 21.3 Å². The van der Waals surface area contributed by atoms with E-state index in [0.29, 0.717) is 18.1 Å².